The van der Waals surface area contributed by atoms with Crippen LogP contribution in [-0.2, 0) is 17.6 Å². The molecule has 1 aliphatic carbocycles. The van der Waals surface area contributed by atoms with Gasteiger partial charge in [0.2, 0.25) is 5.91 Å². The third-order valence-corrected chi connectivity index (χ3v) is 5.14. The highest BCUT2D eigenvalue weighted by molar-refractivity contribution is 5.95. The van der Waals surface area contributed by atoms with Gasteiger partial charge in [-0.2, -0.15) is 0 Å². The standard InChI is InChI=1S/C19H27N3O2.ClH/c20-10-9-18(23)21-13-17-6-1-2-11-22(17)19(24)16-8-7-14-4-3-5-15(14)12-16;/h7-8,12,17H,1-6,9-11,13,20H2,(H,21,23);1H. The maximum Gasteiger partial charge on any atom is 0.254 e. The molecule has 1 fully saturated rings. The number of carbonyl (C=O) groups is 2. The molecule has 1 unspecified atom stereocenters. The van der Waals surface area contributed by atoms with Crippen LogP contribution >= 0.6 is 12.4 Å². The minimum absolute atomic E-state index is 0. The zero-order valence-electron chi connectivity index (χ0n) is 14.6. The zero-order valence-corrected chi connectivity index (χ0v) is 15.4. The quantitative estimate of drug-likeness (QED) is 0.838. The van der Waals surface area contributed by atoms with Crippen LogP contribution in [0, 0.1) is 0 Å². The summed E-state index contributed by atoms with van der Waals surface area (Å²) in [5.74, 6) is 0.0653. The van der Waals surface area contributed by atoms with Gasteiger partial charge in [-0.3, -0.25) is 9.59 Å². The first-order valence-corrected chi connectivity index (χ1v) is 9.08. The van der Waals surface area contributed by atoms with Crippen molar-refractivity contribution in [3.63, 3.8) is 0 Å². The average Bonchev–Trinajstić information content (AvgIpc) is 3.07. The van der Waals surface area contributed by atoms with Crippen LogP contribution in [0.5, 0.6) is 0 Å². The van der Waals surface area contributed by atoms with E-state index in [0.29, 0.717) is 19.5 Å². The highest BCUT2D eigenvalue weighted by Gasteiger charge is 2.28. The number of benzene rings is 1. The van der Waals surface area contributed by atoms with Crippen molar-refractivity contribution in [3.05, 3.63) is 34.9 Å². The maximum atomic E-state index is 13.0. The van der Waals surface area contributed by atoms with E-state index >= 15 is 0 Å². The number of piperidine rings is 1. The molecule has 1 saturated heterocycles. The number of fused-ring (bicyclic) bond motifs is 1. The van der Waals surface area contributed by atoms with Gasteiger partial charge >= 0.3 is 0 Å². The molecule has 138 valence electrons. The lowest BCUT2D eigenvalue weighted by Crippen LogP contribution is -2.49. The highest BCUT2D eigenvalue weighted by Crippen LogP contribution is 2.25. The van der Waals surface area contributed by atoms with Crippen LogP contribution < -0.4 is 11.1 Å². The van der Waals surface area contributed by atoms with Gasteiger partial charge in [0, 0.05) is 37.7 Å². The van der Waals surface area contributed by atoms with Crippen LogP contribution in [0.15, 0.2) is 18.2 Å². The number of hydrogen-bond donors (Lipinski definition) is 2. The van der Waals surface area contributed by atoms with Crippen molar-refractivity contribution in [2.75, 3.05) is 19.6 Å². The monoisotopic (exact) mass is 365 g/mol. The fourth-order valence-electron chi connectivity index (χ4n) is 3.80. The summed E-state index contributed by atoms with van der Waals surface area (Å²) in [4.78, 5) is 26.6. The fraction of sp³-hybridized carbons (Fsp3) is 0.579. The number of likely N-dealkylation sites (tertiary alicyclic amines) is 1. The Morgan fingerprint density at radius 2 is 1.96 bits per heavy atom. The maximum absolute atomic E-state index is 13.0. The van der Waals surface area contributed by atoms with Gasteiger partial charge in [-0.1, -0.05) is 6.07 Å². The number of nitrogens with one attached hydrogen (secondary N) is 1. The first-order valence-electron chi connectivity index (χ1n) is 9.08. The van der Waals surface area contributed by atoms with Crippen molar-refractivity contribution in [2.24, 2.45) is 5.73 Å². The van der Waals surface area contributed by atoms with Crippen LogP contribution in [0.1, 0.15) is 53.6 Å². The minimum Gasteiger partial charge on any atom is -0.354 e. The van der Waals surface area contributed by atoms with Crippen molar-refractivity contribution >= 4 is 24.2 Å². The number of aryl methyl sites for hydroxylation is 2. The number of rotatable bonds is 5. The molecule has 1 aromatic carbocycles. The van der Waals surface area contributed by atoms with Crippen LogP contribution in [0.25, 0.3) is 0 Å². The molecule has 3 rings (SSSR count). The molecule has 3 N–H and O–H groups in total. The molecule has 0 aromatic heterocycles. The highest BCUT2D eigenvalue weighted by atomic mass is 35.5. The summed E-state index contributed by atoms with van der Waals surface area (Å²) in [6.45, 7) is 1.65. The van der Waals surface area contributed by atoms with Gasteiger partial charge in [0.05, 0.1) is 0 Å². The topological polar surface area (TPSA) is 75.4 Å². The Morgan fingerprint density at radius 1 is 1.16 bits per heavy atom. The predicted molar refractivity (Wildman–Crippen MR) is 101 cm³/mol. The van der Waals surface area contributed by atoms with E-state index < -0.39 is 0 Å². The Balaban J connectivity index is 0.00000225. The first kappa shape index (κ1) is 19.7. The summed E-state index contributed by atoms with van der Waals surface area (Å²) >= 11 is 0. The Morgan fingerprint density at radius 3 is 2.76 bits per heavy atom. The van der Waals surface area contributed by atoms with Crippen LogP contribution in [0.2, 0.25) is 0 Å². The molecular weight excluding hydrogens is 338 g/mol. The van der Waals surface area contributed by atoms with Crippen molar-refractivity contribution in [2.45, 2.75) is 51.0 Å². The number of nitrogens with zero attached hydrogens (tertiary/aromatic N) is 1. The number of hydrogen-bond acceptors (Lipinski definition) is 3. The van der Waals surface area contributed by atoms with Crippen LogP contribution in [0.3, 0.4) is 0 Å². The van der Waals surface area contributed by atoms with Gasteiger partial charge in [-0.05, 0) is 61.8 Å². The van der Waals surface area contributed by atoms with Gasteiger partial charge in [-0.15, -0.1) is 12.4 Å². The third kappa shape index (κ3) is 4.73. The normalized spacial score (nSPS) is 19.1. The van der Waals surface area contributed by atoms with E-state index in [1.54, 1.807) is 0 Å². The Kier molecular flexibility index (Phi) is 7.26. The molecule has 0 radical (unpaired) electrons. The van der Waals surface area contributed by atoms with Gasteiger partial charge in [0.1, 0.15) is 0 Å². The summed E-state index contributed by atoms with van der Waals surface area (Å²) in [6.07, 6.45) is 6.81. The van der Waals surface area contributed by atoms with Crippen molar-refractivity contribution < 1.29 is 9.59 Å². The van der Waals surface area contributed by atoms with E-state index in [4.69, 9.17) is 5.73 Å². The van der Waals surface area contributed by atoms with Crippen molar-refractivity contribution in [3.8, 4) is 0 Å². The van der Waals surface area contributed by atoms with Gasteiger partial charge < -0.3 is 16.0 Å². The molecule has 6 heteroatoms. The molecule has 1 aliphatic heterocycles. The number of amides is 2. The largest absolute Gasteiger partial charge is 0.354 e. The second-order valence-corrected chi connectivity index (χ2v) is 6.83. The van der Waals surface area contributed by atoms with E-state index in [0.717, 1.165) is 44.2 Å². The Hall–Kier alpha value is -1.59. The second-order valence-electron chi connectivity index (χ2n) is 6.83. The summed E-state index contributed by atoms with van der Waals surface area (Å²) in [5.41, 5.74) is 8.91. The molecular formula is C19H28ClN3O2. The van der Waals surface area contributed by atoms with Gasteiger partial charge in [-0.25, -0.2) is 0 Å². The van der Waals surface area contributed by atoms with Gasteiger partial charge in [0.25, 0.3) is 5.91 Å². The Bertz CT molecular complexity index is 621. The third-order valence-electron chi connectivity index (χ3n) is 5.14. The van der Waals surface area contributed by atoms with E-state index in [1.807, 2.05) is 11.0 Å². The molecule has 0 bridgehead atoms. The molecule has 0 spiro atoms. The van der Waals surface area contributed by atoms with E-state index in [2.05, 4.69) is 17.4 Å². The lowest BCUT2D eigenvalue weighted by atomic mass is 9.99. The SMILES string of the molecule is Cl.NCCC(=O)NCC1CCCCN1C(=O)c1ccc2c(c1)CCC2. The van der Waals surface area contributed by atoms with E-state index in [1.165, 1.54) is 17.5 Å². The lowest BCUT2D eigenvalue weighted by Gasteiger charge is -2.36. The molecule has 1 atom stereocenters. The van der Waals surface area contributed by atoms with Crippen LogP contribution in [0.4, 0.5) is 0 Å². The molecule has 0 saturated carbocycles. The molecule has 1 aromatic rings. The number of carbonyl (C=O) groups excluding carboxylic acids is 2. The number of nitrogens with two attached hydrogens (primary N) is 1. The molecule has 1 heterocycles. The van der Waals surface area contributed by atoms with Gasteiger partial charge in [0.15, 0.2) is 0 Å². The van der Waals surface area contributed by atoms with E-state index in [9.17, 15) is 9.59 Å². The van der Waals surface area contributed by atoms with Crippen LogP contribution in [-0.4, -0.2) is 42.4 Å². The Labute approximate surface area is 155 Å². The summed E-state index contributed by atoms with van der Waals surface area (Å²) in [7, 11) is 0. The summed E-state index contributed by atoms with van der Waals surface area (Å²) < 4.78 is 0. The van der Waals surface area contributed by atoms with Crippen molar-refractivity contribution in [1.29, 1.82) is 0 Å². The minimum atomic E-state index is -0.0343. The molecule has 5 nitrogen and oxygen atoms in total. The second kappa shape index (κ2) is 9.20. The molecule has 2 amide bonds. The average molecular weight is 366 g/mol. The summed E-state index contributed by atoms with van der Waals surface area (Å²) in [6, 6.07) is 6.23. The van der Waals surface area contributed by atoms with E-state index in [-0.39, 0.29) is 30.3 Å². The molecule has 2 aliphatic rings. The fourth-order valence-corrected chi connectivity index (χ4v) is 3.80. The first-order chi connectivity index (χ1) is 11.7. The lowest BCUT2D eigenvalue weighted by molar-refractivity contribution is -0.121. The van der Waals surface area contributed by atoms with Crippen molar-refractivity contribution in [1.82, 2.24) is 10.2 Å². The number of halogens is 1. The predicted octanol–water partition coefficient (Wildman–Crippen LogP) is 2.06. The summed E-state index contributed by atoms with van der Waals surface area (Å²) in [5, 5.41) is 2.92. The zero-order chi connectivity index (χ0) is 16.9. The molecule has 25 heavy (non-hydrogen) atoms. The smallest absolute Gasteiger partial charge is 0.254 e.